The molecule has 0 amide bonds. The van der Waals surface area contributed by atoms with Crippen molar-refractivity contribution in [3.8, 4) is 0 Å². The van der Waals surface area contributed by atoms with E-state index in [1.165, 1.54) is 0 Å². The Balaban J connectivity index is 2.21. The molecule has 62 valence electrons. The van der Waals surface area contributed by atoms with Gasteiger partial charge in [0.25, 0.3) is 0 Å². The Labute approximate surface area is 67.2 Å². The number of esters is 1. The minimum atomic E-state index is -0.0845. The van der Waals surface area contributed by atoms with E-state index >= 15 is 0 Å². The van der Waals surface area contributed by atoms with E-state index in [0.29, 0.717) is 0 Å². The fourth-order valence-corrected chi connectivity index (χ4v) is 0.911. The predicted molar refractivity (Wildman–Crippen MR) is 43.1 cm³/mol. The van der Waals surface area contributed by atoms with Gasteiger partial charge in [0.05, 0.1) is 5.92 Å². The lowest BCUT2D eigenvalue weighted by molar-refractivity contribution is -0.150. The molecule has 0 radical (unpaired) electrons. The molecule has 0 saturated carbocycles. The van der Waals surface area contributed by atoms with Gasteiger partial charge in [0.15, 0.2) is 0 Å². The number of ether oxygens (including phenoxy) is 1. The summed E-state index contributed by atoms with van der Waals surface area (Å²) in [6.07, 6.45) is 5.64. The van der Waals surface area contributed by atoms with Gasteiger partial charge in [0.2, 0.25) is 0 Å². The van der Waals surface area contributed by atoms with Crippen molar-refractivity contribution in [2.45, 2.75) is 32.8 Å². The third-order valence-electron chi connectivity index (χ3n) is 1.85. The molecular formula is C9H14O2. The fourth-order valence-electron chi connectivity index (χ4n) is 0.911. The molecule has 1 aliphatic rings. The zero-order chi connectivity index (χ0) is 8.27. The average molecular weight is 154 g/mol. The quantitative estimate of drug-likeness (QED) is 0.456. The van der Waals surface area contributed by atoms with E-state index in [0.717, 1.165) is 12.8 Å². The lowest BCUT2D eigenvalue weighted by Crippen LogP contribution is -2.17. The largest absolute Gasteiger partial charge is 0.462 e. The van der Waals surface area contributed by atoms with Crippen molar-refractivity contribution in [2.75, 3.05) is 0 Å². The summed E-state index contributed by atoms with van der Waals surface area (Å²) in [7, 11) is 0. The summed E-state index contributed by atoms with van der Waals surface area (Å²) in [4.78, 5) is 11.0. The van der Waals surface area contributed by atoms with E-state index < -0.39 is 0 Å². The van der Waals surface area contributed by atoms with Crippen LogP contribution in [0.4, 0.5) is 0 Å². The van der Waals surface area contributed by atoms with Gasteiger partial charge in [-0.2, -0.15) is 0 Å². The van der Waals surface area contributed by atoms with Crippen molar-refractivity contribution in [3.05, 3.63) is 12.2 Å². The Kier molecular flexibility index (Phi) is 2.69. The summed E-state index contributed by atoms with van der Waals surface area (Å²) >= 11 is 0. The Morgan fingerprint density at radius 2 is 2.00 bits per heavy atom. The first kappa shape index (κ1) is 8.31. The van der Waals surface area contributed by atoms with Gasteiger partial charge in [-0.05, 0) is 12.8 Å². The van der Waals surface area contributed by atoms with E-state index in [9.17, 15) is 4.79 Å². The topological polar surface area (TPSA) is 26.3 Å². The average Bonchev–Trinajstić information content (AvgIpc) is 2.81. The maximum atomic E-state index is 11.0. The molecule has 1 aliphatic carbocycles. The van der Waals surface area contributed by atoms with Crippen LogP contribution in [0.25, 0.3) is 0 Å². The standard InChI is InChI=1S/C9H14O2/c1-3-8(4-2)11-9(10)7-5-6-7/h5-8H,3-4H2,1-2H3. The molecule has 0 aromatic rings. The van der Waals surface area contributed by atoms with Crippen molar-refractivity contribution in [1.82, 2.24) is 0 Å². The highest BCUT2D eigenvalue weighted by molar-refractivity contribution is 5.80. The number of rotatable bonds is 4. The van der Waals surface area contributed by atoms with Crippen LogP contribution in [0.1, 0.15) is 26.7 Å². The monoisotopic (exact) mass is 154 g/mol. The molecule has 0 aromatic carbocycles. The van der Waals surface area contributed by atoms with E-state index in [2.05, 4.69) is 0 Å². The van der Waals surface area contributed by atoms with Crippen LogP contribution in [-0.4, -0.2) is 12.1 Å². The third kappa shape index (κ3) is 2.37. The first-order valence-corrected chi connectivity index (χ1v) is 4.16. The molecule has 0 spiro atoms. The van der Waals surface area contributed by atoms with Gasteiger partial charge >= 0.3 is 5.97 Å². The minimum absolute atomic E-state index is 0.00407. The SMILES string of the molecule is CCC(CC)OC(=O)C1C=C1. The van der Waals surface area contributed by atoms with Crippen LogP contribution < -0.4 is 0 Å². The Bertz CT molecular complexity index is 162. The molecule has 0 bridgehead atoms. The first-order valence-electron chi connectivity index (χ1n) is 4.16. The zero-order valence-corrected chi connectivity index (χ0v) is 7.04. The molecule has 0 unspecified atom stereocenters. The van der Waals surface area contributed by atoms with Gasteiger partial charge in [-0.1, -0.05) is 26.0 Å². The van der Waals surface area contributed by atoms with Crippen LogP contribution >= 0.6 is 0 Å². The van der Waals surface area contributed by atoms with Crippen LogP contribution in [0, 0.1) is 5.92 Å². The zero-order valence-electron chi connectivity index (χ0n) is 7.04. The van der Waals surface area contributed by atoms with Crippen molar-refractivity contribution < 1.29 is 9.53 Å². The van der Waals surface area contributed by atoms with Crippen molar-refractivity contribution >= 4 is 5.97 Å². The van der Waals surface area contributed by atoms with Crippen LogP contribution in [-0.2, 0) is 9.53 Å². The summed E-state index contributed by atoms with van der Waals surface area (Å²) < 4.78 is 5.17. The summed E-state index contributed by atoms with van der Waals surface area (Å²) in [5, 5.41) is 0. The van der Waals surface area contributed by atoms with E-state index in [1.807, 2.05) is 26.0 Å². The van der Waals surface area contributed by atoms with Gasteiger partial charge in [-0.15, -0.1) is 0 Å². The summed E-state index contributed by atoms with van der Waals surface area (Å²) in [6, 6.07) is 0. The molecule has 1 rings (SSSR count). The molecule has 0 fully saturated rings. The van der Waals surface area contributed by atoms with Gasteiger partial charge in [0, 0.05) is 0 Å². The highest BCUT2D eigenvalue weighted by Crippen LogP contribution is 2.19. The summed E-state index contributed by atoms with van der Waals surface area (Å²) in [6.45, 7) is 4.06. The lowest BCUT2D eigenvalue weighted by Gasteiger charge is -2.13. The van der Waals surface area contributed by atoms with Crippen molar-refractivity contribution in [1.29, 1.82) is 0 Å². The van der Waals surface area contributed by atoms with Crippen molar-refractivity contribution in [3.63, 3.8) is 0 Å². The maximum Gasteiger partial charge on any atom is 0.316 e. The smallest absolute Gasteiger partial charge is 0.316 e. The first-order chi connectivity index (χ1) is 5.27. The number of carbonyl (C=O) groups excluding carboxylic acids is 1. The number of hydrogen-bond acceptors (Lipinski definition) is 2. The molecule has 0 saturated heterocycles. The second-order valence-corrected chi connectivity index (χ2v) is 2.79. The van der Waals surface area contributed by atoms with Gasteiger partial charge in [-0.3, -0.25) is 4.79 Å². The van der Waals surface area contributed by atoms with E-state index in [1.54, 1.807) is 0 Å². The van der Waals surface area contributed by atoms with Crippen molar-refractivity contribution in [2.24, 2.45) is 5.92 Å². The second-order valence-electron chi connectivity index (χ2n) is 2.79. The third-order valence-corrected chi connectivity index (χ3v) is 1.85. The second kappa shape index (κ2) is 3.56. The van der Waals surface area contributed by atoms with Crippen LogP contribution in [0.15, 0.2) is 12.2 Å². The molecule has 2 heteroatoms. The molecule has 0 aliphatic heterocycles. The van der Waals surface area contributed by atoms with E-state index in [-0.39, 0.29) is 18.0 Å². The molecule has 2 nitrogen and oxygen atoms in total. The van der Waals surface area contributed by atoms with Gasteiger partial charge in [0.1, 0.15) is 6.10 Å². The molecule has 11 heavy (non-hydrogen) atoms. The van der Waals surface area contributed by atoms with Crippen LogP contribution in [0.3, 0.4) is 0 Å². The molecule has 0 aromatic heterocycles. The summed E-state index contributed by atoms with van der Waals surface area (Å²) in [5.74, 6) is -0.0886. The molecular weight excluding hydrogens is 140 g/mol. The van der Waals surface area contributed by atoms with Crippen LogP contribution in [0.5, 0.6) is 0 Å². The minimum Gasteiger partial charge on any atom is -0.462 e. The Morgan fingerprint density at radius 3 is 2.36 bits per heavy atom. The van der Waals surface area contributed by atoms with Gasteiger partial charge in [-0.25, -0.2) is 0 Å². The fraction of sp³-hybridized carbons (Fsp3) is 0.667. The summed E-state index contributed by atoms with van der Waals surface area (Å²) in [5.41, 5.74) is 0. The Hall–Kier alpha value is -0.790. The van der Waals surface area contributed by atoms with E-state index in [4.69, 9.17) is 4.74 Å². The number of carbonyl (C=O) groups is 1. The highest BCUT2D eigenvalue weighted by atomic mass is 16.5. The molecule has 0 heterocycles. The Morgan fingerprint density at radius 1 is 1.45 bits per heavy atom. The number of hydrogen-bond donors (Lipinski definition) is 0. The molecule has 0 N–H and O–H groups in total. The normalized spacial score (nSPS) is 15.5. The highest BCUT2D eigenvalue weighted by Gasteiger charge is 2.24. The predicted octanol–water partition coefficient (Wildman–Crippen LogP) is 1.90. The van der Waals surface area contributed by atoms with Gasteiger partial charge < -0.3 is 4.74 Å². The lowest BCUT2D eigenvalue weighted by atomic mass is 10.2. The maximum absolute atomic E-state index is 11.0. The van der Waals surface area contributed by atoms with Crippen LogP contribution in [0.2, 0.25) is 0 Å². The molecule has 0 atom stereocenters.